The Hall–Kier alpha value is -1.81. The first-order valence-electron chi connectivity index (χ1n) is 8.80. The van der Waals surface area contributed by atoms with Crippen LogP contribution in [-0.2, 0) is 20.9 Å². The standard InChI is InChI=1S/C18H25F3N2O4S/c1-12-6-7-14(18(19,20)21)10-15(12)28(25,26)22-8-9-23(13(2)11-22)16(24)27-17(3,4)5/h6-7,10,13H,8-9,11H2,1-5H3/t13-/m0/s1. The lowest BCUT2D eigenvalue weighted by Crippen LogP contribution is -2.56. The molecule has 1 fully saturated rings. The first-order valence-corrected chi connectivity index (χ1v) is 10.2. The first kappa shape index (κ1) is 22.5. The SMILES string of the molecule is Cc1ccc(C(F)(F)F)cc1S(=O)(=O)N1CCN(C(=O)OC(C)(C)C)[C@@H](C)C1. The van der Waals surface area contributed by atoms with Gasteiger partial charge in [0, 0.05) is 25.7 Å². The first-order chi connectivity index (χ1) is 12.6. The van der Waals surface area contributed by atoms with Crippen LogP contribution in [0.5, 0.6) is 0 Å². The van der Waals surface area contributed by atoms with Crippen LogP contribution in [0, 0.1) is 6.92 Å². The van der Waals surface area contributed by atoms with Crippen LogP contribution in [0.4, 0.5) is 18.0 Å². The van der Waals surface area contributed by atoms with Crippen LogP contribution in [0.15, 0.2) is 23.1 Å². The van der Waals surface area contributed by atoms with Gasteiger partial charge in [-0.25, -0.2) is 13.2 Å². The highest BCUT2D eigenvalue weighted by Crippen LogP contribution is 2.33. The van der Waals surface area contributed by atoms with E-state index in [0.29, 0.717) is 6.07 Å². The smallest absolute Gasteiger partial charge is 0.416 e. The average molecular weight is 422 g/mol. The molecule has 1 aliphatic heterocycles. The van der Waals surface area contributed by atoms with Crippen molar-refractivity contribution in [2.45, 2.75) is 57.3 Å². The van der Waals surface area contributed by atoms with Crippen LogP contribution in [0.3, 0.4) is 0 Å². The molecular formula is C18H25F3N2O4S. The van der Waals surface area contributed by atoms with E-state index in [1.165, 1.54) is 11.8 Å². The Kier molecular flexibility index (Phi) is 6.06. The summed E-state index contributed by atoms with van der Waals surface area (Å²) in [7, 11) is -4.14. The fourth-order valence-electron chi connectivity index (χ4n) is 2.93. The van der Waals surface area contributed by atoms with E-state index in [4.69, 9.17) is 4.74 Å². The van der Waals surface area contributed by atoms with Gasteiger partial charge in [-0.15, -0.1) is 0 Å². The van der Waals surface area contributed by atoms with Gasteiger partial charge >= 0.3 is 12.3 Å². The average Bonchev–Trinajstić information content (AvgIpc) is 2.52. The number of amides is 1. The zero-order valence-corrected chi connectivity index (χ0v) is 17.3. The van der Waals surface area contributed by atoms with Gasteiger partial charge in [-0.3, -0.25) is 0 Å². The predicted molar refractivity (Wildman–Crippen MR) is 97.3 cm³/mol. The number of carbonyl (C=O) groups is 1. The van der Waals surface area contributed by atoms with Gasteiger partial charge in [0.2, 0.25) is 10.0 Å². The summed E-state index contributed by atoms with van der Waals surface area (Å²) >= 11 is 0. The van der Waals surface area contributed by atoms with Gasteiger partial charge < -0.3 is 9.64 Å². The van der Waals surface area contributed by atoms with E-state index in [0.717, 1.165) is 16.4 Å². The summed E-state index contributed by atoms with van der Waals surface area (Å²) in [4.78, 5) is 13.3. The van der Waals surface area contributed by atoms with Gasteiger partial charge in [-0.1, -0.05) is 6.07 Å². The van der Waals surface area contributed by atoms with Crippen LogP contribution in [0.25, 0.3) is 0 Å². The van der Waals surface area contributed by atoms with Gasteiger partial charge in [0.15, 0.2) is 0 Å². The molecule has 0 saturated carbocycles. The van der Waals surface area contributed by atoms with Crippen molar-refractivity contribution in [3.8, 4) is 0 Å². The number of alkyl halides is 3. The zero-order chi connectivity index (χ0) is 21.5. The minimum absolute atomic E-state index is 0.0262. The molecule has 0 N–H and O–H groups in total. The molecule has 1 aromatic rings. The van der Waals surface area contributed by atoms with Gasteiger partial charge in [0.1, 0.15) is 5.60 Å². The van der Waals surface area contributed by atoms with Gasteiger partial charge in [-0.2, -0.15) is 17.5 Å². The largest absolute Gasteiger partial charge is 0.444 e. The van der Waals surface area contributed by atoms with E-state index in [2.05, 4.69) is 0 Å². The molecular weight excluding hydrogens is 397 g/mol. The predicted octanol–water partition coefficient (Wildman–Crippen LogP) is 3.64. The number of nitrogens with zero attached hydrogens (tertiary/aromatic N) is 2. The molecule has 1 aromatic carbocycles. The van der Waals surface area contributed by atoms with Crippen molar-refractivity contribution in [1.82, 2.24) is 9.21 Å². The summed E-state index contributed by atoms with van der Waals surface area (Å²) < 4.78 is 71.4. The molecule has 0 aromatic heterocycles. The normalized spacial score (nSPS) is 19.6. The second-order valence-electron chi connectivity index (χ2n) is 7.86. The summed E-state index contributed by atoms with van der Waals surface area (Å²) in [5.74, 6) is 0. The Morgan fingerprint density at radius 2 is 1.79 bits per heavy atom. The van der Waals surface area contributed by atoms with E-state index in [1.54, 1.807) is 27.7 Å². The van der Waals surface area contributed by atoms with Crippen molar-refractivity contribution >= 4 is 16.1 Å². The maximum Gasteiger partial charge on any atom is 0.416 e. The highest BCUT2D eigenvalue weighted by Gasteiger charge is 2.38. The van der Waals surface area contributed by atoms with E-state index in [-0.39, 0.29) is 30.1 Å². The third-order valence-corrected chi connectivity index (χ3v) is 6.36. The summed E-state index contributed by atoms with van der Waals surface area (Å²) in [5.41, 5.74) is -1.47. The number of hydrogen-bond donors (Lipinski definition) is 0. The lowest BCUT2D eigenvalue weighted by Gasteiger charge is -2.39. The van der Waals surface area contributed by atoms with E-state index >= 15 is 0 Å². The molecule has 0 unspecified atom stereocenters. The van der Waals surface area contributed by atoms with Crippen molar-refractivity contribution in [3.63, 3.8) is 0 Å². The van der Waals surface area contributed by atoms with Crippen LogP contribution in [0.2, 0.25) is 0 Å². The lowest BCUT2D eigenvalue weighted by molar-refractivity contribution is -0.137. The molecule has 2 rings (SSSR count). The van der Waals surface area contributed by atoms with Crippen LogP contribution >= 0.6 is 0 Å². The van der Waals surface area contributed by atoms with Crippen molar-refractivity contribution < 1.29 is 31.1 Å². The number of rotatable bonds is 2. The number of benzene rings is 1. The molecule has 0 spiro atoms. The minimum atomic E-state index is -4.64. The molecule has 1 heterocycles. The molecule has 1 amide bonds. The van der Waals surface area contributed by atoms with E-state index < -0.39 is 39.5 Å². The summed E-state index contributed by atoms with van der Waals surface area (Å²) in [6.07, 6.45) is -5.19. The Labute approximate surface area is 163 Å². The molecule has 10 heteroatoms. The molecule has 0 radical (unpaired) electrons. The quantitative estimate of drug-likeness (QED) is 0.730. The lowest BCUT2D eigenvalue weighted by atomic mass is 10.1. The molecule has 6 nitrogen and oxygen atoms in total. The zero-order valence-electron chi connectivity index (χ0n) is 16.5. The maximum atomic E-state index is 13.0. The third-order valence-electron chi connectivity index (χ3n) is 4.35. The monoisotopic (exact) mass is 422 g/mol. The molecule has 1 saturated heterocycles. The van der Waals surface area contributed by atoms with Crippen LogP contribution in [0.1, 0.15) is 38.8 Å². The van der Waals surface area contributed by atoms with E-state index in [9.17, 15) is 26.4 Å². The van der Waals surface area contributed by atoms with E-state index in [1.807, 2.05) is 0 Å². The number of halogens is 3. The Bertz CT molecular complexity index is 847. The highest BCUT2D eigenvalue weighted by molar-refractivity contribution is 7.89. The highest BCUT2D eigenvalue weighted by atomic mass is 32.2. The molecule has 1 aliphatic rings. The number of ether oxygens (including phenoxy) is 1. The summed E-state index contributed by atoms with van der Waals surface area (Å²) in [6.45, 7) is 8.34. The molecule has 0 bridgehead atoms. The molecule has 158 valence electrons. The second kappa shape index (κ2) is 7.55. The van der Waals surface area contributed by atoms with Gasteiger partial charge in [-0.05, 0) is 52.3 Å². The fraction of sp³-hybridized carbons (Fsp3) is 0.611. The molecule has 0 aliphatic carbocycles. The summed E-state index contributed by atoms with van der Waals surface area (Å²) in [5, 5.41) is 0. The maximum absolute atomic E-state index is 13.0. The number of carbonyl (C=O) groups excluding carboxylic acids is 1. The number of piperazine rings is 1. The second-order valence-corrected chi connectivity index (χ2v) is 9.77. The van der Waals surface area contributed by atoms with Crippen LogP contribution in [-0.4, -0.2) is 55.0 Å². The number of hydrogen-bond acceptors (Lipinski definition) is 4. The Balaban J connectivity index is 2.24. The van der Waals surface area contributed by atoms with Crippen LogP contribution < -0.4 is 0 Å². The van der Waals surface area contributed by atoms with Crippen molar-refractivity contribution in [2.24, 2.45) is 0 Å². The van der Waals surface area contributed by atoms with Crippen molar-refractivity contribution in [2.75, 3.05) is 19.6 Å². The van der Waals surface area contributed by atoms with Gasteiger partial charge in [0.25, 0.3) is 0 Å². The van der Waals surface area contributed by atoms with Crippen molar-refractivity contribution in [1.29, 1.82) is 0 Å². The fourth-order valence-corrected chi connectivity index (χ4v) is 4.69. The minimum Gasteiger partial charge on any atom is -0.444 e. The summed E-state index contributed by atoms with van der Waals surface area (Å²) in [6, 6.07) is 2.19. The molecule has 28 heavy (non-hydrogen) atoms. The molecule has 1 atom stereocenters. The van der Waals surface area contributed by atoms with Gasteiger partial charge in [0.05, 0.1) is 10.5 Å². The number of sulfonamides is 1. The third kappa shape index (κ3) is 4.96. The topological polar surface area (TPSA) is 66.9 Å². The number of aryl methyl sites for hydroxylation is 1. The Morgan fingerprint density at radius 1 is 1.18 bits per heavy atom. The Morgan fingerprint density at radius 3 is 2.29 bits per heavy atom. The van der Waals surface area contributed by atoms with Crippen molar-refractivity contribution in [3.05, 3.63) is 29.3 Å².